The molecule has 0 aromatic carbocycles. The second-order valence-corrected chi connectivity index (χ2v) is 4.12. The van der Waals surface area contributed by atoms with E-state index in [-0.39, 0.29) is 0 Å². The fourth-order valence-electron chi connectivity index (χ4n) is 1.77. The number of nitrogens with zero attached hydrogens (tertiary/aromatic N) is 2. The van der Waals surface area contributed by atoms with Crippen LogP contribution in [0.3, 0.4) is 0 Å². The lowest BCUT2D eigenvalue weighted by Crippen LogP contribution is -2.21. The quantitative estimate of drug-likeness (QED) is 0.843. The molecule has 0 unspecified atom stereocenters. The summed E-state index contributed by atoms with van der Waals surface area (Å²) >= 11 is 0. The van der Waals surface area contributed by atoms with Gasteiger partial charge in [-0.3, -0.25) is 0 Å². The van der Waals surface area contributed by atoms with Gasteiger partial charge in [0.1, 0.15) is 11.4 Å². The smallest absolute Gasteiger partial charge is 0.341 e. The van der Waals surface area contributed by atoms with Gasteiger partial charge in [-0.25, -0.2) is 9.78 Å². The minimum absolute atomic E-state index is 0.341. The number of ether oxygens (including phenoxy) is 1. The minimum atomic E-state index is -0.464. The Morgan fingerprint density at radius 1 is 1.58 bits per heavy atom. The highest BCUT2D eigenvalue weighted by atomic mass is 16.5. The van der Waals surface area contributed by atoms with Gasteiger partial charge in [0.25, 0.3) is 0 Å². The van der Waals surface area contributed by atoms with E-state index in [9.17, 15) is 4.79 Å². The van der Waals surface area contributed by atoms with E-state index in [1.54, 1.807) is 18.6 Å². The zero-order valence-corrected chi connectivity index (χ0v) is 10.8. The number of furan rings is 1. The Labute approximate surface area is 110 Å². The van der Waals surface area contributed by atoms with Crippen LogP contribution in [0.1, 0.15) is 15.9 Å². The number of nitrogen functional groups attached to an aromatic ring is 1. The molecule has 2 aromatic rings. The zero-order valence-electron chi connectivity index (χ0n) is 10.8. The van der Waals surface area contributed by atoms with Gasteiger partial charge >= 0.3 is 5.97 Å². The van der Waals surface area contributed by atoms with Crippen LogP contribution in [0.15, 0.2) is 35.3 Å². The number of hydrogen-bond donors (Lipinski definition) is 1. The molecule has 2 aromatic heterocycles. The molecule has 0 amide bonds. The topological polar surface area (TPSA) is 81.6 Å². The molecule has 2 rings (SSSR count). The molecular formula is C13H15N3O3. The molecule has 2 N–H and O–H groups in total. The van der Waals surface area contributed by atoms with E-state index in [0.717, 1.165) is 5.56 Å². The second-order valence-electron chi connectivity index (χ2n) is 4.12. The molecule has 2 heterocycles. The molecule has 0 aliphatic rings. The number of anilines is 2. The van der Waals surface area contributed by atoms with Crippen LogP contribution in [0, 0.1) is 0 Å². The highest BCUT2D eigenvalue weighted by molar-refractivity contribution is 5.95. The largest absolute Gasteiger partial charge is 0.472 e. The average molecular weight is 261 g/mol. The van der Waals surface area contributed by atoms with Gasteiger partial charge in [-0.05, 0) is 12.1 Å². The SMILES string of the molecule is COC(=O)c1cc(N)cnc1N(C)Cc1ccoc1. The minimum Gasteiger partial charge on any atom is -0.472 e. The Morgan fingerprint density at radius 2 is 2.37 bits per heavy atom. The fraction of sp³-hybridized carbons (Fsp3) is 0.231. The Balaban J connectivity index is 2.30. The van der Waals surface area contributed by atoms with E-state index in [1.807, 2.05) is 18.0 Å². The van der Waals surface area contributed by atoms with Gasteiger partial charge < -0.3 is 19.8 Å². The number of hydrogen-bond acceptors (Lipinski definition) is 6. The van der Waals surface area contributed by atoms with Crippen LogP contribution in [0.5, 0.6) is 0 Å². The van der Waals surface area contributed by atoms with Crippen LogP contribution in [0.4, 0.5) is 11.5 Å². The van der Waals surface area contributed by atoms with Gasteiger partial charge in [0, 0.05) is 19.2 Å². The number of carbonyl (C=O) groups excluding carboxylic acids is 1. The third-order valence-corrected chi connectivity index (χ3v) is 2.65. The van der Waals surface area contributed by atoms with Gasteiger partial charge in [0.15, 0.2) is 0 Å². The van der Waals surface area contributed by atoms with Gasteiger partial charge in [-0.2, -0.15) is 0 Å². The van der Waals surface area contributed by atoms with E-state index >= 15 is 0 Å². The summed E-state index contributed by atoms with van der Waals surface area (Å²) in [6.07, 6.45) is 4.75. The maximum absolute atomic E-state index is 11.7. The summed E-state index contributed by atoms with van der Waals surface area (Å²) in [5, 5.41) is 0. The van der Waals surface area contributed by atoms with Gasteiger partial charge in [0.2, 0.25) is 0 Å². The standard InChI is InChI=1S/C13H15N3O3/c1-16(7-9-3-4-19-8-9)12-11(13(17)18-2)5-10(14)6-15-12/h3-6,8H,7,14H2,1-2H3. The van der Waals surface area contributed by atoms with Crippen molar-refractivity contribution in [3.05, 3.63) is 42.0 Å². The van der Waals surface area contributed by atoms with Crippen LogP contribution in [0.25, 0.3) is 0 Å². The summed E-state index contributed by atoms with van der Waals surface area (Å²) in [5.74, 6) is 0.0519. The highest BCUT2D eigenvalue weighted by Crippen LogP contribution is 2.21. The van der Waals surface area contributed by atoms with Crippen molar-refractivity contribution in [2.24, 2.45) is 0 Å². The summed E-state index contributed by atoms with van der Waals surface area (Å²) in [6, 6.07) is 3.41. The third-order valence-electron chi connectivity index (χ3n) is 2.65. The molecule has 0 saturated carbocycles. The van der Waals surface area contributed by atoms with E-state index in [1.165, 1.54) is 13.3 Å². The molecule has 6 heteroatoms. The number of pyridine rings is 1. The number of rotatable bonds is 4. The number of esters is 1. The van der Waals surface area contributed by atoms with Crippen molar-refractivity contribution in [3.8, 4) is 0 Å². The van der Waals surface area contributed by atoms with Gasteiger partial charge in [0.05, 0.1) is 31.5 Å². The van der Waals surface area contributed by atoms with Crippen molar-refractivity contribution in [3.63, 3.8) is 0 Å². The van der Waals surface area contributed by atoms with Crippen molar-refractivity contribution in [2.45, 2.75) is 6.54 Å². The number of carbonyl (C=O) groups is 1. The van der Waals surface area contributed by atoms with Crippen LogP contribution < -0.4 is 10.6 Å². The molecule has 0 bridgehead atoms. The molecule has 100 valence electrons. The molecule has 0 aliphatic heterocycles. The first-order chi connectivity index (χ1) is 9.11. The Hall–Kier alpha value is -2.50. The average Bonchev–Trinajstić information content (AvgIpc) is 2.90. The highest BCUT2D eigenvalue weighted by Gasteiger charge is 2.17. The molecule has 6 nitrogen and oxygen atoms in total. The first-order valence-corrected chi connectivity index (χ1v) is 5.68. The molecule has 0 atom stereocenters. The van der Waals surface area contributed by atoms with Crippen molar-refractivity contribution >= 4 is 17.5 Å². The van der Waals surface area contributed by atoms with Gasteiger partial charge in [-0.1, -0.05) is 0 Å². The van der Waals surface area contributed by atoms with Crippen LogP contribution in [0.2, 0.25) is 0 Å². The first-order valence-electron chi connectivity index (χ1n) is 5.68. The predicted molar refractivity (Wildman–Crippen MR) is 70.8 cm³/mol. The third kappa shape index (κ3) is 2.85. The van der Waals surface area contributed by atoms with E-state index in [2.05, 4.69) is 4.98 Å². The molecule has 0 spiro atoms. The van der Waals surface area contributed by atoms with E-state index in [4.69, 9.17) is 14.9 Å². The van der Waals surface area contributed by atoms with Crippen molar-refractivity contribution < 1.29 is 13.9 Å². The monoisotopic (exact) mass is 261 g/mol. The molecule has 0 aliphatic carbocycles. The Bertz CT molecular complexity index is 567. The fourth-order valence-corrected chi connectivity index (χ4v) is 1.77. The van der Waals surface area contributed by atoms with Crippen molar-refractivity contribution in [2.75, 3.05) is 24.8 Å². The van der Waals surface area contributed by atoms with Gasteiger partial charge in [-0.15, -0.1) is 0 Å². The molecule has 0 saturated heterocycles. The molecule has 19 heavy (non-hydrogen) atoms. The number of aromatic nitrogens is 1. The lowest BCUT2D eigenvalue weighted by atomic mass is 10.2. The molecular weight excluding hydrogens is 246 g/mol. The summed E-state index contributed by atoms with van der Waals surface area (Å²) < 4.78 is 9.75. The first kappa shape index (κ1) is 12.9. The Kier molecular flexibility index (Phi) is 3.70. The zero-order chi connectivity index (χ0) is 13.8. The second kappa shape index (κ2) is 5.43. The van der Waals surface area contributed by atoms with E-state index in [0.29, 0.717) is 23.6 Å². The van der Waals surface area contributed by atoms with Crippen LogP contribution in [-0.4, -0.2) is 25.1 Å². The lowest BCUT2D eigenvalue weighted by Gasteiger charge is -2.19. The number of methoxy groups -OCH3 is 1. The molecule has 0 fully saturated rings. The van der Waals surface area contributed by atoms with E-state index < -0.39 is 5.97 Å². The van der Waals surface area contributed by atoms with Crippen LogP contribution in [-0.2, 0) is 11.3 Å². The lowest BCUT2D eigenvalue weighted by molar-refractivity contribution is 0.0601. The Morgan fingerprint density at radius 3 is 3.00 bits per heavy atom. The van der Waals surface area contributed by atoms with Crippen LogP contribution >= 0.6 is 0 Å². The summed E-state index contributed by atoms with van der Waals surface area (Å²) in [6.45, 7) is 0.567. The number of nitrogens with two attached hydrogens (primary N) is 1. The maximum Gasteiger partial charge on any atom is 0.341 e. The molecule has 0 radical (unpaired) electrons. The van der Waals surface area contributed by atoms with Crippen molar-refractivity contribution in [1.29, 1.82) is 0 Å². The normalized spacial score (nSPS) is 10.2. The maximum atomic E-state index is 11.7. The summed E-state index contributed by atoms with van der Waals surface area (Å²) in [5.41, 5.74) is 7.39. The summed E-state index contributed by atoms with van der Waals surface area (Å²) in [7, 11) is 3.16. The summed E-state index contributed by atoms with van der Waals surface area (Å²) in [4.78, 5) is 17.8. The van der Waals surface area contributed by atoms with Crippen molar-refractivity contribution in [1.82, 2.24) is 4.98 Å². The predicted octanol–water partition coefficient (Wildman–Crippen LogP) is 1.68.